The molecule has 0 radical (unpaired) electrons. The average molecular weight is 714 g/mol. The number of ether oxygens (including phenoxy) is 2. The second kappa shape index (κ2) is 11.8. The normalized spacial score (nSPS) is 15.8. The van der Waals surface area contributed by atoms with Crippen molar-refractivity contribution in [2.24, 2.45) is 4.99 Å². The summed E-state index contributed by atoms with van der Waals surface area (Å²) in [5.41, 5.74) is 7.55. The molecule has 5 nitrogen and oxygen atoms in total. The van der Waals surface area contributed by atoms with Crippen molar-refractivity contribution < 1.29 is 9.47 Å². The molecule has 1 aliphatic carbocycles. The van der Waals surface area contributed by atoms with Crippen LogP contribution in [0.4, 0.5) is 0 Å². The van der Waals surface area contributed by atoms with E-state index in [0.717, 1.165) is 61.2 Å². The summed E-state index contributed by atoms with van der Waals surface area (Å²) >= 11 is 8.56. The van der Waals surface area contributed by atoms with Crippen LogP contribution in [0, 0.1) is 0 Å². The van der Waals surface area contributed by atoms with Gasteiger partial charge in [-0.1, -0.05) is 81.9 Å². The number of nitrogens with zero attached hydrogens (tertiary/aromatic N) is 2. The summed E-state index contributed by atoms with van der Waals surface area (Å²) in [6, 6.07) is 30.2. The molecule has 7 rings (SSSR count). The van der Waals surface area contributed by atoms with Crippen molar-refractivity contribution in [3.8, 4) is 11.5 Å². The fraction of sp³-hybridized carbons (Fsp3) is 0.143. The molecule has 5 aromatic rings. The molecule has 0 unspecified atom stereocenters. The number of allylic oxidation sites excluding steroid dienone is 1. The van der Waals surface area contributed by atoms with Crippen LogP contribution in [-0.2, 0) is 13.0 Å². The van der Waals surface area contributed by atoms with Crippen molar-refractivity contribution in [2.75, 3.05) is 7.11 Å². The molecule has 0 saturated carbocycles. The number of benzene rings is 4. The number of methoxy groups -OCH3 is 1. The fourth-order valence-corrected chi connectivity index (χ4v) is 7.53. The van der Waals surface area contributed by atoms with Crippen molar-refractivity contribution in [1.29, 1.82) is 0 Å². The Kier molecular flexibility index (Phi) is 7.67. The lowest BCUT2D eigenvalue weighted by Gasteiger charge is -2.31. The summed E-state index contributed by atoms with van der Waals surface area (Å²) < 4.78 is 16.0. The summed E-state index contributed by atoms with van der Waals surface area (Å²) in [6.07, 6.45) is 3.70. The summed E-state index contributed by atoms with van der Waals surface area (Å²) in [4.78, 5) is 19.9. The largest absolute Gasteiger partial charge is 0.497 e. The number of aryl methyl sites for hydroxylation is 1. The van der Waals surface area contributed by atoms with Crippen LogP contribution >= 0.6 is 43.2 Å². The molecule has 0 fully saturated rings. The molecule has 0 amide bonds. The molecule has 43 heavy (non-hydrogen) atoms. The number of fused-ring (bicyclic) bond motifs is 3. The van der Waals surface area contributed by atoms with Gasteiger partial charge in [0.25, 0.3) is 5.56 Å². The van der Waals surface area contributed by atoms with Crippen LogP contribution in [0.5, 0.6) is 11.5 Å². The Morgan fingerprint density at radius 2 is 1.81 bits per heavy atom. The standard InChI is InChI=1S/C35H26Br2N2O3S/c1-41-26-7-4-6-24(19-26)33-28-15-12-23-5-2-3-8-27(23)32(28)38-35-39(33)34(40)31(43-35)18-22-11-16-30(29(37)17-22)42-20-21-9-13-25(36)14-10-21/h2-11,13-14,16-19,33H,12,15,20H2,1H3/b31-18+/t33-/m0/s1. The van der Waals surface area contributed by atoms with Gasteiger partial charge in [0.05, 0.1) is 27.9 Å². The van der Waals surface area contributed by atoms with Gasteiger partial charge in [-0.2, -0.15) is 0 Å². The van der Waals surface area contributed by atoms with E-state index in [4.69, 9.17) is 14.5 Å². The maximum atomic E-state index is 14.1. The van der Waals surface area contributed by atoms with Gasteiger partial charge in [-0.3, -0.25) is 9.36 Å². The van der Waals surface area contributed by atoms with E-state index < -0.39 is 0 Å². The first-order valence-electron chi connectivity index (χ1n) is 13.9. The molecule has 214 valence electrons. The molecule has 2 aliphatic rings. The molecular weight excluding hydrogens is 688 g/mol. The van der Waals surface area contributed by atoms with E-state index in [1.54, 1.807) is 7.11 Å². The molecule has 0 bridgehead atoms. The van der Waals surface area contributed by atoms with Crippen LogP contribution in [0.25, 0.3) is 11.8 Å². The Morgan fingerprint density at radius 3 is 2.63 bits per heavy atom. The summed E-state index contributed by atoms with van der Waals surface area (Å²) in [5.74, 6) is 1.51. The number of hydrogen-bond donors (Lipinski definition) is 0. The zero-order valence-corrected chi connectivity index (χ0v) is 27.2. The SMILES string of the molecule is COc1cccc([C@H]2C3=C(N=c4s/c(=C/c5ccc(OCc6ccc(Br)cc6)c(Br)c5)c(=O)n42)c2ccccc2CC3)c1. The molecule has 8 heteroatoms. The van der Waals surface area contributed by atoms with Crippen LogP contribution in [0.3, 0.4) is 0 Å². The minimum Gasteiger partial charge on any atom is -0.497 e. The van der Waals surface area contributed by atoms with Gasteiger partial charge in [0.1, 0.15) is 18.1 Å². The van der Waals surface area contributed by atoms with E-state index >= 15 is 0 Å². The van der Waals surface area contributed by atoms with Gasteiger partial charge in [0, 0.05) is 10.0 Å². The van der Waals surface area contributed by atoms with Gasteiger partial charge in [-0.05, 0) is 99.1 Å². The number of aromatic nitrogens is 1. The van der Waals surface area contributed by atoms with Crippen LogP contribution in [0.2, 0.25) is 0 Å². The number of halogens is 2. The van der Waals surface area contributed by atoms with Crippen molar-refractivity contribution >= 4 is 55.0 Å². The first kappa shape index (κ1) is 28.1. The molecular formula is C35H26Br2N2O3S. The Morgan fingerprint density at radius 1 is 0.977 bits per heavy atom. The molecule has 1 aliphatic heterocycles. The van der Waals surface area contributed by atoms with Gasteiger partial charge < -0.3 is 9.47 Å². The molecule has 1 atom stereocenters. The molecule has 0 N–H and O–H groups in total. The summed E-state index contributed by atoms with van der Waals surface area (Å²) in [6.45, 7) is 0.460. The second-order valence-electron chi connectivity index (χ2n) is 10.5. The quantitative estimate of drug-likeness (QED) is 0.184. The van der Waals surface area contributed by atoms with Crippen molar-refractivity contribution in [1.82, 2.24) is 4.57 Å². The monoisotopic (exact) mass is 712 g/mol. The highest BCUT2D eigenvalue weighted by Crippen LogP contribution is 2.41. The van der Waals surface area contributed by atoms with Gasteiger partial charge in [0.15, 0.2) is 4.80 Å². The molecule has 2 heterocycles. The first-order chi connectivity index (χ1) is 21.0. The van der Waals surface area contributed by atoms with E-state index in [-0.39, 0.29) is 11.6 Å². The van der Waals surface area contributed by atoms with E-state index in [1.807, 2.05) is 71.3 Å². The van der Waals surface area contributed by atoms with E-state index in [0.29, 0.717) is 15.9 Å². The summed E-state index contributed by atoms with van der Waals surface area (Å²) in [5, 5.41) is 0. The van der Waals surface area contributed by atoms with Crippen LogP contribution < -0.4 is 24.4 Å². The van der Waals surface area contributed by atoms with Crippen LogP contribution in [-0.4, -0.2) is 11.7 Å². The maximum absolute atomic E-state index is 14.1. The lowest BCUT2D eigenvalue weighted by Crippen LogP contribution is -2.38. The maximum Gasteiger partial charge on any atom is 0.271 e. The minimum atomic E-state index is -0.252. The third-order valence-electron chi connectivity index (χ3n) is 7.84. The van der Waals surface area contributed by atoms with E-state index in [1.165, 1.54) is 22.5 Å². The Hall–Kier alpha value is -3.72. The van der Waals surface area contributed by atoms with E-state index in [9.17, 15) is 4.79 Å². The molecule has 0 saturated heterocycles. The third-order valence-corrected chi connectivity index (χ3v) is 9.98. The lowest BCUT2D eigenvalue weighted by molar-refractivity contribution is 0.304. The highest BCUT2D eigenvalue weighted by molar-refractivity contribution is 9.10. The Bertz CT molecular complexity index is 2080. The lowest BCUT2D eigenvalue weighted by atomic mass is 9.83. The number of hydrogen-bond acceptors (Lipinski definition) is 5. The zero-order valence-electron chi connectivity index (χ0n) is 23.2. The second-order valence-corrected chi connectivity index (χ2v) is 13.3. The van der Waals surface area contributed by atoms with Crippen molar-refractivity contribution in [3.63, 3.8) is 0 Å². The van der Waals surface area contributed by atoms with Gasteiger partial charge in [-0.25, -0.2) is 4.99 Å². The minimum absolute atomic E-state index is 0.0475. The number of thiazole rings is 1. The smallest absolute Gasteiger partial charge is 0.271 e. The fourth-order valence-electron chi connectivity index (χ4n) is 5.75. The molecule has 1 aromatic heterocycles. The van der Waals surface area contributed by atoms with Crippen molar-refractivity contribution in [2.45, 2.75) is 25.5 Å². The van der Waals surface area contributed by atoms with Gasteiger partial charge in [0.2, 0.25) is 0 Å². The van der Waals surface area contributed by atoms with Crippen LogP contribution in [0.1, 0.15) is 40.3 Å². The van der Waals surface area contributed by atoms with Crippen LogP contribution in [0.15, 0.2) is 115 Å². The molecule has 0 spiro atoms. The van der Waals surface area contributed by atoms with Crippen molar-refractivity contribution in [3.05, 3.63) is 153 Å². The predicted octanol–water partition coefficient (Wildman–Crippen LogP) is 7.43. The third kappa shape index (κ3) is 5.44. The Balaban J connectivity index is 1.29. The average Bonchev–Trinajstić information content (AvgIpc) is 3.34. The first-order valence-corrected chi connectivity index (χ1v) is 16.3. The van der Waals surface area contributed by atoms with E-state index in [2.05, 4.69) is 62.2 Å². The Labute approximate surface area is 269 Å². The predicted molar refractivity (Wildman–Crippen MR) is 178 cm³/mol. The van der Waals surface area contributed by atoms with Gasteiger partial charge in [-0.15, -0.1) is 0 Å². The topological polar surface area (TPSA) is 52.8 Å². The highest BCUT2D eigenvalue weighted by Gasteiger charge is 2.32. The highest BCUT2D eigenvalue weighted by atomic mass is 79.9. The number of rotatable bonds is 6. The zero-order chi connectivity index (χ0) is 29.5. The molecule has 4 aromatic carbocycles. The summed E-state index contributed by atoms with van der Waals surface area (Å²) in [7, 11) is 1.67. The van der Waals surface area contributed by atoms with Gasteiger partial charge >= 0.3 is 0 Å².